The average Bonchev–Trinajstić information content (AvgIpc) is 2.74. The van der Waals surface area contributed by atoms with Crippen molar-refractivity contribution in [1.82, 2.24) is 0 Å². The Kier molecular flexibility index (Phi) is 7.51. The van der Waals surface area contributed by atoms with E-state index < -0.39 is 0 Å². The summed E-state index contributed by atoms with van der Waals surface area (Å²) >= 11 is 0. The van der Waals surface area contributed by atoms with E-state index in [0.29, 0.717) is 5.92 Å². The zero-order valence-corrected chi connectivity index (χ0v) is 19.2. The summed E-state index contributed by atoms with van der Waals surface area (Å²) in [6.07, 6.45) is 3.33. The Morgan fingerprint density at radius 1 is 0.839 bits per heavy atom. The summed E-state index contributed by atoms with van der Waals surface area (Å²) in [6.45, 7) is 8.85. The predicted octanol–water partition coefficient (Wildman–Crippen LogP) is 7.57. The van der Waals surface area contributed by atoms with E-state index in [1.54, 1.807) is 0 Å². The first kappa shape index (κ1) is 22.6. The Labute approximate surface area is 187 Å². The lowest BCUT2D eigenvalue weighted by atomic mass is 9.87. The van der Waals surface area contributed by atoms with Gasteiger partial charge in [-0.3, -0.25) is 5.41 Å². The van der Waals surface area contributed by atoms with E-state index in [9.17, 15) is 0 Å². The highest BCUT2D eigenvalue weighted by Crippen LogP contribution is 2.28. The second-order valence-electron chi connectivity index (χ2n) is 9.25. The zero-order chi connectivity index (χ0) is 22.3. The molecular weight excluding hydrogens is 378 g/mol. The number of guanidine groups is 1. The van der Waals surface area contributed by atoms with Gasteiger partial charge in [-0.25, -0.2) is 0 Å². The van der Waals surface area contributed by atoms with Crippen LogP contribution in [0.3, 0.4) is 0 Å². The van der Waals surface area contributed by atoms with Crippen molar-refractivity contribution in [2.45, 2.75) is 58.3 Å². The molecule has 3 N–H and O–H groups in total. The van der Waals surface area contributed by atoms with Gasteiger partial charge in [-0.1, -0.05) is 88.7 Å². The molecule has 0 aromatic heterocycles. The first-order valence-corrected chi connectivity index (χ1v) is 11.2. The molecule has 0 bridgehead atoms. The second-order valence-corrected chi connectivity index (χ2v) is 9.25. The topological polar surface area (TPSA) is 47.9 Å². The van der Waals surface area contributed by atoms with Crippen molar-refractivity contribution in [3.63, 3.8) is 0 Å². The number of anilines is 2. The fourth-order valence-electron chi connectivity index (χ4n) is 3.88. The fourth-order valence-corrected chi connectivity index (χ4v) is 3.88. The van der Waals surface area contributed by atoms with Crippen molar-refractivity contribution in [3.8, 4) is 0 Å². The SMILES string of the molecule is CCCC(Cc1ccccc1)c1cccc(NC(=N)Nc2ccc(C(C)(C)C)cc2)c1. The fraction of sp³-hybridized carbons (Fsp3) is 0.321. The minimum Gasteiger partial charge on any atom is -0.326 e. The van der Waals surface area contributed by atoms with E-state index in [1.165, 1.54) is 16.7 Å². The molecule has 3 aromatic carbocycles. The summed E-state index contributed by atoms with van der Waals surface area (Å²) in [5.74, 6) is 0.747. The average molecular weight is 414 g/mol. The monoisotopic (exact) mass is 413 g/mol. The highest BCUT2D eigenvalue weighted by atomic mass is 15.1. The Balaban J connectivity index is 1.66. The molecule has 162 valence electrons. The Bertz CT molecular complexity index is 969. The molecule has 0 aliphatic heterocycles. The van der Waals surface area contributed by atoms with Gasteiger partial charge in [-0.05, 0) is 65.1 Å². The normalized spacial score (nSPS) is 12.3. The Morgan fingerprint density at radius 2 is 1.52 bits per heavy atom. The molecule has 0 heterocycles. The van der Waals surface area contributed by atoms with E-state index in [1.807, 2.05) is 18.2 Å². The zero-order valence-electron chi connectivity index (χ0n) is 19.2. The number of hydrogen-bond acceptors (Lipinski definition) is 1. The van der Waals surface area contributed by atoms with Crippen LogP contribution in [0.25, 0.3) is 0 Å². The Morgan fingerprint density at radius 3 is 2.16 bits per heavy atom. The van der Waals surface area contributed by atoms with Crippen LogP contribution in [0.2, 0.25) is 0 Å². The van der Waals surface area contributed by atoms with Crippen molar-refractivity contribution in [3.05, 3.63) is 95.6 Å². The van der Waals surface area contributed by atoms with Crippen LogP contribution in [-0.4, -0.2) is 5.96 Å². The molecule has 1 unspecified atom stereocenters. The summed E-state index contributed by atoms with van der Waals surface area (Å²) in [5.41, 5.74) is 5.95. The lowest BCUT2D eigenvalue weighted by molar-refractivity contribution is 0.590. The highest BCUT2D eigenvalue weighted by molar-refractivity contribution is 6.01. The van der Waals surface area contributed by atoms with Crippen molar-refractivity contribution in [1.29, 1.82) is 5.41 Å². The first-order valence-electron chi connectivity index (χ1n) is 11.2. The minimum absolute atomic E-state index is 0.125. The molecule has 31 heavy (non-hydrogen) atoms. The van der Waals surface area contributed by atoms with Crippen LogP contribution in [-0.2, 0) is 11.8 Å². The van der Waals surface area contributed by atoms with Gasteiger partial charge in [0.1, 0.15) is 0 Å². The lowest BCUT2D eigenvalue weighted by Crippen LogP contribution is -2.20. The summed E-state index contributed by atoms with van der Waals surface area (Å²) in [6, 6.07) is 27.5. The molecule has 0 aliphatic carbocycles. The molecule has 0 spiro atoms. The van der Waals surface area contributed by atoms with Crippen LogP contribution < -0.4 is 10.6 Å². The maximum Gasteiger partial charge on any atom is 0.197 e. The van der Waals surface area contributed by atoms with Crippen LogP contribution in [0.15, 0.2) is 78.9 Å². The second kappa shape index (κ2) is 10.3. The van der Waals surface area contributed by atoms with Crippen LogP contribution in [0.4, 0.5) is 11.4 Å². The molecule has 3 rings (SSSR count). The van der Waals surface area contributed by atoms with Gasteiger partial charge in [-0.15, -0.1) is 0 Å². The van der Waals surface area contributed by atoms with E-state index in [-0.39, 0.29) is 11.4 Å². The predicted molar refractivity (Wildman–Crippen MR) is 134 cm³/mol. The largest absolute Gasteiger partial charge is 0.326 e. The minimum atomic E-state index is 0.125. The lowest BCUT2D eigenvalue weighted by Gasteiger charge is -2.20. The molecular formula is C28H35N3. The third-order valence-corrected chi connectivity index (χ3v) is 5.61. The molecule has 0 saturated carbocycles. The van der Waals surface area contributed by atoms with Crippen LogP contribution >= 0.6 is 0 Å². The molecule has 3 aromatic rings. The van der Waals surface area contributed by atoms with E-state index >= 15 is 0 Å². The van der Waals surface area contributed by atoms with Crippen LogP contribution in [0.5, 0.6) is 0 Å². The van der Waals surface area contributed by atoms with Gasteiger partial charge in [0.2, 0.25) is 0 Å². The molecule has 0 aliphatic rings. The molecule has 0 amide bonds. The third kappa shape index (κ3) is 6.71. The maximum atomic E-state index is 8.36. The third-order valence-electron chi connectivity index (χ3n) is 5.61. The number of benzene rings is 3. The van der Waals surface area contributed by atoms with Crippen molar-refractivity contribution in [2.24, 2.45) is 0 Å². The first-order chi connectivity index (χ1) is 14.8. The molecule has 3 nitrogen and oxygen atoms in total. The van der Waals surface area contributed by atoms with Crippen LogP contribution in [0.1, 0.15) is 63.1 Å². The van der Waals surface area contributed by atoms with E-state index in [4.69, 9.17) is 5.41 Å². The summed E-state index contributed by atoms with van der Waals surface area (Å²) in [5, 5.41) is 14.7. The van der Waals surface area contributed by atoms with E-state index in [0.717, 1.165) is 30.6 Å². The molecule has 0 radical (unpaired) electrons. The highest BCUT2D eigenvalue weighted by Gasteiger charge is 2.14. The summed E-state index contributed by atoms with van der Waals surface area (Å²) in [7, 11) is 0. The van der Waals surface area contributed by atoms with Gasteiger partial charge in [0.15, 0.2) is 5.96 Å². The van der Waals surface area contributed by atoms with Crippen molar-refractivity contribution < 1.29 is 0 Å². The quantitative estimate of drug-likeness (QED) is 0.276. The van der Waals surface area contributed by atoms with Crippen LogP contribution in [0, 0.1) is 5.41 Å². The standard InChI is InChI=1S/C28H35N3/c1-5-10-22(19-21-11-7-6-8-12-21)23-13-9-14-26(20-23)31-27(29)30-25-17-15-24(16-18-25)28(2,3)4/h6-9,11-18,20,22H,5,10,19H2,1-4H3,(H3,29,30,31). The number of rotatable bonds is 7. The maximum absolute atomic E-state index is 8.36. The molecule has 1 atom stereocenters. The number of hydrogen-bond donors (Lipinski definition) is 3. The van der Waals surface area contributed by atoms with Crippen molar-refractivity contribution in [2.75, 3.05) is 10.6 Å². The van der Waals surface area contributed by atoms with Gasteiger partial charge >= 0.3 is 0 Å². The van der Waals surface area contributed by atoms with Gasteiger partial charge < -0.3 is 10.6 Å². The smallest absolute Gasteiger partial charge is 0.197 e. The molecule has 0 saturated heterocycles. The van der Waals surface area contributed by atoms with Gasteiger partial charge in [0, 0.05) is 11.4 Å². The summed E-state index contributed by atoms with van der Waals surface area (Å²) < 4.78 is 0. The van der Waals surface area contributed by atoms with Gasteiger partial charge in [-0.2, -0.15) is 0 Å². The molecule has 0 fully saturated rings. The number of nitrogens with one attached hydrogen (secondary N) is 3. The molecule has 3 heteroatoms. The van der Waals surface area contributed by atoms with E-state index in [2.05, 4.69) is 99.0 Å². The van der Waals surface area contributed by atoms with Gasteiger partial charge in [0.25, 0.3) is 0 Å². The Hall–Kier alpha value is -3.07. The summed E-state index contributed by atoms with van der Waals surface area (Å²) in [4.78, 5) is 0. The van der Waals surface area contributed by atoms with Crippen molar-refractivity contribution >= 4 is 17.3 Å². The van der Waals surface area contributed by atoms with Gasteiger partial charge in [0.05, 0.1) is 0 Å².